The molecule has 5 rings (SSSR count). The fourth-order valence-corrected chi connectivity index (χ4v) is 7.00. The molecule has 2 fully saturated rings. The number of hydrogen-bond acceptors (Lipinski definition) is 10. The number of nitrogens with one attached hydrogen (secondary N) is 2. The third-order valence-corrected chi connectivity index (χ3v) is 10.2. The van der Waals surface area contributed by atoms with E-state index in [0.717, 1.165) is 17.7 Å². The van der Waals surface area contributed by atoms with Crippen LogP contribution in [-0.4, -0.2) is 79.4 Å². The van der Waals surface area contributed by atoms with Crippen molar-refractivity contribution in [3.8, 4) is 0 Å². The van der Waals surface area contributed by atoms with Gasteiger partial charge in [0.15, 0.2) is 12.0 Å². The van der Waals surface area contributed by atoms with E-state index in [9.17, 15) is 37.5 Å². The molecule has 0 aliphatic carbocycles. The lowest BCUT2D eigenvalue weighted by atomic mass is 9.83. The number of nitrogens with two attached hydrogens (primary N) is 1. The summed E-state index contributed by atoms with van der Waals surface area (Å²) < 4.78 is 62.6. The third kappa shape index (κ3) is 8.45. The maximum atomic E-state index is 14.0. The zero-order valence-electron chi connectivity index (χ0n) is 29.5. The highest BCUT2D eigenvalue weighted by Crippen LogP contribution is 2.49. The molecule has 53 heavy (non-hydrogen) atoms. The first kappa shape index (κ1) is 39.6. The zero-order chi connectivity index (χ0) is 39.0. The number of carbonyl (C=O) groups is 4. The number of nitrogen functional groups attached to an aromatic ring is 1. The molecular weight excluding hydrogens is 725 g/mol. The van der Waals surface area contributed by atoms with E-state index in [1.54, 1.807) is 44.2 Å². The number of halogens is 4. The number of epoxide rings is 1. The lowest BCUT2D eigenvalue weighted by molar-refractivity contribution is -0.142. The number of fused-ring (bicyclic) bond motifs is 5. The number of aliphatic hydroxyl groups is 1. The SMILES string of the molecule is CO[C@@H]1/C=C/C=C(\C)Cc2cc(C=O)c(Cl)c(c2)N(C)C(=O)C[C@H](OC(=O)Nc2ccc(C(F)(F)F)cc2N)[C@]2(C)O[C@H]2[C@H](C)[C@@H]2C[C@@]1(O)NC(=O)O2. The molecule has 0 aromatic heterocycles. The van der Waals surface area contributed by atoms with Crippen molar-refractivity contribution in [3.05, 3.63) is 75.8 Å². The molecule has 5 N–H and O–H groups in total. The Morgan fingerprint density at radius 1 is 1.25 bits per heavy atom. The Morgan fingerprint density at radius 2 is 1.96 bits per heavy atom. The predicted molar refractivity (Wildman–Crippen MR) is 187 cm³/mol. The van der Waals surface area contributed by atoms with E-state index in [1.165, 1.54) is 19.1 Å². The van der Waals surface area contributed by atoms with Crippen molar-refractivity contribution in [2.24, 2.45) is 5.92 Å². The number of nitrogens with zero attached hydrogens (tertiary/aromatic N) is 1. The summed E-state index contributed by atoms with van der Waals surface area (Å²) in [6, 6.07) is 5.60. The molecule has 3 aliphatic rings. The van der Waals surface area contributed by atoms with E-state index < -0.39 is 77.9 Å². The van der Waals surface area contributed by atoms with Crippen LogP contribution < -0.4 is 21.3 Å². The molecule has 0 unspecified atom stereocenters. The molecule has 2 aromatic carbocycles. The number of hydrogen-bond donors (Lipinski definition) is 4. The van der Waals surface area contributed by atoms with E-state index in [4.69, 9.17) is 36.3 Å². The summed E-state index contributed by atoms with van der Waals surface area (Å²) in [5.74, 6) is -1.24. The second-order valence-corrected chi connectivity index (χ2v) is 14.0. The molecule has 0 radical (unpaired) electrons. The smallest absolute Gasteiger partial charge is 0.416 e. The van der Waals surface area contributed by atoms with Crippen LogP contribution in [0.1, 0.15) is 55.1 Å². The van der Waals surface area contributed by atoms with Crippen LogP contribution in [0.2, 0.25) is 5.02 Å². The Bertz CT molecular complexity index is 1860. The molecule has 7 atom stereocenters. The second-order valence-electron chi connectivity index (χ2n) is 13.6. The van der Waals surface area contributed by atoms with Gasteiger partial charge < -0.3 is 34.7 Å². The van der Waals surface area contributed by atoms with Gasteiger partial charge in [0.1, 0.15) is 23.9 Å². The first-order valence-corrected chi connectivity index (χ1v) is 16.9. The summed E-state index contributed by atoms with van der Waals surface area (Å²) in [4.78, 5) is 53.3. The highest BCUT2D eigenvalue weighted by atomic mass is 35.5. The average molecular weight is 765 g/mol. The van der Waals surface area contributed by atoms with Crippen molar-refractivity contribution in [2.45, 2.75) is 82.0 Å². The number of rotatable bonds is 4. The quantitative estimate of drug-likeness (QED) is 0.169. The summed E-state index contributed by atoms with van der Waals surface area (Å²) in [5, 5.41) is 16.4. The van der Waals surface area contributed by atoms with Gasteiger partial charge in [0.2, 0.25) is 5.91 Å². The summed E-state index contributed by atoms with van der Waals surface area (Å²) in [6.45, 7) is 5.11. The Balaban J connectivity index is 1.53. The van der Waals surface area contributed by atoms with E-state index in [-0.39, 0.29) is 34.1 Å². The van der Waals surface area contributed by atoms with Crippen molar-refractivity contribution in [1.82, 2.24) is 5.32 Å². The monoisotopic (exact) mass is 764 g/mol. The molecule has 0 saturated carbocycles. The van der Waals surface area contributed by atoms with Gasteiger partial charge in [0.25, 0.3) is 0 Å². The van der Waals surface area contributed by atoms with Gasteiger partial charge in [-0.25, -0.2) is 9.59 Å². The molecule has 2 aromatic rings. The van der Waals surface area contributed by atoms with E-state index in [2.05, 4.69) is 10.6 Å². The number of allylic oxidation sites excluding steroid dienone is 3. The predicted octanol–water partition coefficient (Wildman–Crippen LogP) is 5.78. The van der Waals surface area contributed by atoms with Crippen molar-refractivity contribution in [2.75, 3.05) is 30.1 Å². The van der Waals surface area contributed by atoms with Gasteiger partial charge in [-0.3, -0.25) is 20.2 Å². The van der Waals surface area contributed by atoms with Crippen molar-refractivity contribution in [1.29, 1.82) is 0 Å². The van der Waals surface area contributed by atoms with E-state index in [0.29, 0.717) is 24.3 Å². The molecule has 13 nitrogen and oxygen atoms in total. The first-order chi connectivity index (χ1) is 24.8. The van der Waals surface area contributed by atoms with Gasteiger partial charge in [0, 0.05) is 32.1 Å². The Kier molecular flexibility index (Phi) is 11.2. The fraction of sp³-hybridized carbons (Fsp3) is 0.444. The van der Waals surface area contributed by atoms with Crippen LogP contribution in [0, 0.1) is 5.92 Å². The van der Waals surface area contributed by atoms with Crippen LogP contribution in [0.15, 0.2) is 54.1 Å². The van der Waals surface area contributed by atoms with E-state index in [1.807, 2.05) is 6.92 Å². The molecule has 0 spiro atoms. The Morgan fingerprint density at radius 3 is 2.60 bits per heavy atom. The Hall–Kier alpha value is -4.64. The molecule has 2 saturated heterocycles. The number of carbonyl (C=O) groups excluding carboxylic acids is 4. The van der Waals surface area contributed by atoms with Crippen molar-refractivity contribution >= 4 is 53.0 Å². The molecule has 3 amide bonds. The summed E-state index contributed by atoms with van der Waals surface area (Å²) in [5.41, 5.74) is 2.73. The fourth-order valence-electron chi connectivity index (χ4n) is 6.72. The largest absolute Gasteiger partial charge is 0.446 e. The van der Waals surface area contributed by atoms with Crippen LogP contribution in [0.5, 0.6) is 0 Å². The highest BCUT2D eigenvalue weighted by Gasteiger charge is 2.64. The average Bonchev–Trinajstić information content (AvgIpc) is 3.78. The topological polar surface area (TPSA) is 182 Å². The summed E-state index contributed by atoms with van der Waals surface area (Å²) in [6.07, 6.45) is -5.56. The zero-order valence-corrected chi connectivity index (χ0v) is 30.2. The number of alkyl halides is 3. The molecule has 286 valence electrons. The molecular formula is C36H40ClF3N4O9. The number of alkyl carbamates (subject to hydrolysis) is 1. The third-order valence-electron chi connectivity index (χ3n) is 9.78. The van der Waals surface area contributed by atoms with Gasteiger partial charge in [-0.1, -0.05) is 42.3 Å². The Labute approximate surface area is 308 Å². The molecule has 3 aliphatic heterocycles. The highest BCUT2D eigenvalue weighted by molar-refractivity contribution is 6.36. The first-order valence-electron chi connectivity index (χ1n) is 16.5. The van der Waals surface area contributed by atoms with Crippen molar-refractivity contribution < 1.29 is 56.4 Å². The molecule has 4 bridgehead atoms. The van der Waals surface area contributed by atoms with Gasteiger partial charge >= 0.3 is 18.4 Å². The number of aldehydes is 1. The maximum absolute atomic E-state index is 14.0. The molecule has 17 heteroatoms. The van der Waals surface area contributed by atoms with Crippen LogP contribution >= 0.6 is 11.6 Å². The van der Waals surface area contributed by atoms with Crippen molar-refractivity contribution in [3.63, 3.8) is 0 Å². The van der Waals surface area contributed by atoms with Gasteiger partial charge in [0.05, 0.1) is 40.2 Å². The minimum Gasteiger partial charge on any atom is -0.446 e. The molecule has 3 heterocycles. The normalized spacial score (nSPS) is 30.9. The van der Waals surface area contributed by atoms with Crippen LogP contribution in [0.3, 0.4) is 0 Å². The van der Waals surface area contributed by atoms with Crippen LogP contribution in [0.4, 0.5) is 39.8 Å². The minimum atomic E-state index is -4.67. The number of anilines is 3. The minimum absolute atomic E-state index is 0.0122. The number of methoxy groups -OCH3 is 1. The lowest BCUT2D eigenvalue weighted by Gasteiger charge is -2.42. The summed E-state index contributed by atoms with van der Waals surface area (Å²) in [7, 11) is 2.81. The summed E-state index contributed by atoms with van der Waals surface area (Å²) >= 11 is 6.59. The van der Waals surface area contributed by atoms with Crippen LogP contribution in [-0.2, 0) is 36.3 Å². The number of benzene rings is 2. The second kappa shape index (κ2) is 15.0. The maximum Gasteiger partial charge on any atom is 0.416 e. The number of ether oxygens (including phenoxy) is 4. The standard InChI is InChI=1S/C36H40ClF3N4O9/c1-18-7-6-8-27(50-5)35(49)16-26(51-33(48)43-35)19(2)31-34(3,53-31)28(52-32(47)42-24-10-9-22(14-23(24)41)36(38,39)40)15-29(46)44(4)25-13-20(11-18)12-21(17-45)30(25)37/h6-10,12-14,17,19,26-28,31,49H,11,15-16,41H2,1-5H3,(H,42,47)(H,43,48)/b8-6+,18-7+/t19-,26+,27-,28+,31+,34+,35+/m1/s1. The van der Waals surface area contributed by atoms with E-state index >= 15 is 0 Å². The van der Waals surface area contributed by atoms with Gasteiger partial charge in [-0.2, -0.15) is 13.2 Å². The van der Waals surface area contributed by atoms with Crippen LogP contribution in [0.25, 0.3) is 0 Å². The van der Waals surface area contributed by atoms with Gasteiger partial charge in [-0.05, 0) is 56.2 Å². The lowest BCUT2D eigenvalue weighted by Crippen LogP contribution is -2.63. The van der Waals surface area contributed by atoms with Gasteiger partial charge in [-0.15, -0.1) is 0 Å². The number of amides is 3.